The molecule has 1 aliphatic heterocycles. The van der Waals surface area contributed by atoms with E-state index in [1.54, 1.807) is 36.4 Å². The number of imide groups is 1. The maximum Gasteiger partial charge on any atom is 0.282 e. The van der Waals surface area contributed by atoms with Gasteiger partial charge in [0, 0.05) is 18.3 Å². The van der Waals surface area contributed by atoms with Crippen molar-refractivity contribution in [3.8, 4) is 0 Å². The van der Waals surface area contributed by atoms with Crippen LogP contribution in [0.4, 0.5) is 21.5 Å². The Labute approximate surface area is 190 Å². The summed E-state index contributed by atoms with van der Waals surface area (Å²) in [6.45, 7) is 5.18. The molecule has 0 unspecified atom stereocenters. The van der Waals surface area contributed by atoms with Crippen molar-refractivity contribution >= 4 is 40.4 Å². The molecule has 3 aromatic rings. The molecule has 0 aromatic heterocycles. The van der Waals surface area contributed by atoms with Gasteiger partial charge in [-0.3, -0.25) is 14.4 Å². The fourth-order valence-electron chi connectivity index (χ4n) is 3.71. The fraction of sp³-hybridized carbons (Fsp3) is 0.115. The lowest BCUT2D eigenvalue weighted by Crippen LogP contribution is -2.33. The maximum atomic E-state index is 13.6. The minimum absolute atomic E-state index is 0.0970. The van der Waals surface area contributed by atoms with Crippen LogP contribution < -0.4 is 15.5 Å². The molecule has 0 radical (unpaired) electrons. The Morgan fingerprint density at radius 3 is 2.12 bits per heavy atom. The zero-order valence-electron chi connectivity index (χ0n) is 18.4. The molecular weight excluding hydrogens is 421 g/mol. The summed E-state index contributed by atoms with van der Waals surface area (Å²) >= 11 is 0. The molecule has 33 heavy (non-hydrogen) atoms. The molecule has 0 saturated carbocycles. The highest BCUT2D eigenvalue weighted by molar-refractivity contribution is 6.46. The Morgan fingerprint density at radius 2 is 1.48 bits per heavy atom. The average molecular weight is 443 g/mol. The third-order valence-electron chi connectivity index (χ3n) is 5.51. The Morgan fingerprint density at radius 1 is 0.848 bits per heavy atom. The van der Waals surface area contributed by atoms with Gasteiger partial charge in [-0.05, 0) is 73.0 Å². The monoisotopic (exact) mass is 443 g/mol. The van der Waals surface area contributed by atoms with Gasteiger partial charge in [0.05, 0.1) is 11.3 Å². The van der Waals surface area contributed by atoms with Crippen LogP contribution in [0.3, 0.4) is 0 Å². The molecule has 0 atom stereocenters. The molecule has 0 saturated heterocycles. The third kappa shape index (κ3) is 4.25. The largest absolute Gasteiger partial charge is 0.350 e. The van der Waals surface area contributed by atoms with Crippen molar-refractivity contribution in [1.29, 1.82) is 0 Å². The summed E-state index contributed by atoms with van der Waals surface area (Å²) in [5.41, 5.74) is 4.13. The molecule has 166 valence electrons. The third-order valence-corrected chi connectivity index (χ3v) is 5.51. The lowest BCUT2D eigenvalue weighted by molar-refractivity contribution is -0.120. The van der Waals surface area contributed by atoms with E-state index >= 15 is 0 Å². The molecule has 1 heterocycles. The highest BCUT2D eigenvalue weighted by atomic mass is 19.1. The van der Waals surface area contributed by atoms with Crippen LogP contribution in [0.5, 0.6) is 0 Å². The number of halogens is 1. The molecule has 0 spiro atoms. The normalized spacial score (nSPS) is 13.5. The minimum atomic E-state index is -0.501. The van der Waals surface area contributed by atoms with Crippen molar-refractivity contribution in [3.63, 3.8) is 0 Å². The predicted molar refractivity (Wildman–Crippen MR) is 126 cm³/mol. The van der Waals surface area contributed by atoms with Gasteiger partial charge in [0.2, 0.25) is 5.91 Å². The van der Waals surface area contributed by atoms with Crippen molar-refractivity contribution in [3.05, 3.63) is 94.9 Å². The lowest BCUT2D eigenvalue weighted by Gasteiger charge is -2.19. The van der Waals surface area contributed by atoms with Gasteiger partial charge in [-0.1, -0.05) is 24.3 Å². The van der Waals surface area contributed by atoms with E-state index in [1.807, 2.05) is 19.9 Å². The van der Waals surface area contributed by atoms with Gasteiger partial charge in [-0.15, -0.1) is 0 Å². The van der Waals surface area contributed by atoms with E-state index < -0.39 is 17.6 Å². The second-order valence-electron chi connectivity index (χ2n) is 7.81. The number of nitrogens with one attached hydrogen (secondary N) is 2. The van der Waals surface area contributed by atoms with Crippen LogP contribution in [0, 0.1) is 19.7 Å². The van der Waals surface area contributed by atoms with Crippen LogP contribution in [0.25, 0.3) is 5.57 Å². The molecule has 0 aliphatic carbocycles. The standard InChI is InChI=1S/C26H22FN3O3/c1-15-5-4-6-22(16(15)2)30-25(32)23(18-7-11-20(12-8-18)28-17(3)31)24(26(30)33)29-21-13-9-19(27)10-14-21/h4-14,29H,1-3H3,(H,28,31). The lowest BCUT2D eigenvalue weighted by atomic mass is 10.0. The zero-order valence-corrected chi connectivity index (χ0v) is 18.4. The van der Waals surface area contributed by atoms with Crippen LogP contribution >= 0.6 is 0 Å². The van der Waals surface area contributed by atoms with Crippen molar-refractivity contribution in [2.75, 3.05) is 15.5 Å². The summed E-state index contributed by atoms with van der Waals surface area (Å²) in [7, 11) is 0. The Balaban J connectivity index is 1.81. The van der Waals surface area contributed by atoms with Gasteiger partial charge >= 0.3 is 0 Å². The molecule has 2 N–H and O–H groups in total. The molecule has 0 fully saturated rings. The summed E-state index contributed by atoms with van der Waals surface area (Å²) in [4.78, 5) is 39.6. The molecular formula is C26H22FN3O3. The first kappa shape index (κ1) is 22.0. The number of rotatable bonds is 5. The smallest absolute Gasteiger partial charge is 0.282 e. The predicted octanol–water partition coefficient (Wildman–Crippen LogP) is 4.80. The first-order chi connectivity index (χ1) is 15.8. The summed E-state index contributed by atoms with van der Waals surface area (Å²) in [5.74, 6) is -1.59. The van der Waals surface area contributed by atoms with Gasteiger partial charge in [0.15, 0.2) is 0 Å². The number of amides is 3. The summed E-state index contributed by atoms with van der Waals surface area (Å²) < 4.78 is 13.4. The van der Waals surface area contributed by atoms with Gasteiger partial charge < -0.3 is 10.6 Å². The Bertz CT molecular complexity index is 1300. The molecule has 0 bridgehead atoms. The quantitative estimate of drug-likeness (QED) is 0.556. The number of carbonyl (C=O) groups excluding carboxylic acids is 3. The van der Waals surface area contributed by atoms with Crippen LogP contribution in [-0.4, -0.2) is 17.7 Å². The Kier molecular flexibility index (Phi) is 5.79. The molecule has 7 heteroatoms. The van der Waals surface area contributed by atoms with E-state index in [0.717, 1.165) is 16.0 Å². The molecule has 4 rings (SSSR count). The van der Waals surface area contributed by atoms with Crippen LogP contribution in [0.2, 0.25) is 0 Å². The molecule has 3 amide bonds. The minimum Gasteiger partial charge on any atom is -0.350 e. The van der Waals surface area contributed by atoms with Gasteiger partial charge in [-0.2, -0.15) is 0 Å². The topological polar surface area (TPSA) is 78.5 Å². The van der Waals surface area contributed by atoms with E-state index in [0.29, 0.717) is 22.6 Å². The number of anilines is 3. The number of hydrogen-bond acceptors (Lipinski definition) is 4. The number of benzene rings is 3. The van der Waals surface area contributed by atoms with Gasteiger partial charge in [0.1, 0.15) is 11.5 Å². The Hall–Kier alpha value is -4.26. The summed E-state index contributed by atoms with van der Waals surface area (Å²) in [6, 6.07) is 17.7. The van der Waals surface area contributed by atoms with E-state index in [2.05, 4.69) is 10.6 Å². The number of nitrogens with zero attached hydrogens (tertiary/aromatic N) is 1. The van der Waals surface area contributed by atoms with Crippen molar-refractivity contribution in [2.45, 2.75) is 20.8 Å². The number of hydrogen-bond donors (Lipinski definition) is 2. The summed E-state index contributed by atoms with van der Waals surface area (Å²) in [5, 5.41) is 5.69. The van der Waals surface area contributed by atoms with Gasteiger partial charge in [-0.25, -0.2) is 9.29 Å². The average Bonchev–Trinajstić information content (AvgIpc) is 3.01. The van der Waals surface area contributed by atoms with E-state index in [9.17, 15) is 18.8 Å². The van der Waals surface area contributed by atoms with Crippen LogP contribution in [0.1, 0.15) is 23.6 Å². The van der Waals surface area contributed by atoms with Crippen molar-refractivity contribution < 1.29 is 18.8 Å². The van der Waals surface area contributed by atoms with Crippen molar-refractivity contribution in [1.82, 2.24) is 0 Å². The van der Waals surface area contributed by atoms with E-state index in [1.165, 1.54) is 31.2 Å². The van der Waals surface area contributed by atoms with E-state index in [-0.39, 0.29) is 17.2 Å². The molecule has 6 nitrogen and oxygen atoms in total. The number of carbonyl (C=O) groups is 3. The highest BCUT2D eigenvalue weighted by Crippen LogP contribution is 2.36. The fourth-order valence-corrected chi connectivity index (χ4v) is 3.71. The first-order valence-electron chi connectivity index (χ1n) is 10.4. The second-order valence-corrected chi connectivity index (χ2v) is 7.81. The SMILES string of the molecule is CC(=O)Nc1ccc(C2=C(Nc3ccc(F)cc3)C(=O)N(c3cccc(C)c3C)C2=O)cc1. The summed E-state index contributed by atoms with van der Waals surface area (Å²) in [6.07, 6.45) is 0. The molecule has 1 aliphatic rings. The number of aryl methyl sites for hydroxylation is 1. The van der Waals surface area contributed by atoms with Crippen LogP contribution in [-0.2, 0) is 14.4 Å². The second kappa shape index (κ2) is 8.70. The molecule has 3 aromatic carbocycles. The highest BCUT2D eigenvalue weighted by Gasteiger charge is 2.41. The van der Waals surface area contributed by atoms with Crippen molar-refractivity contribution in [2.24, 2.45) is 0 Å². The van der Waals surface area contributed by atoms with E-state index in [4.69, 9.17) is 0 Å². The first-order valence-corrected chi connectivity index (χ1v) is 10.4. The zero-order chi connectivity index (χ0) is 23.7. The van der Waals surface area contributed by atoms with Gasteiger partial charge in [0.25, 0.3) is 11.8 Å². The maximum absolute atomic E-state index is 13.6. The van der Waals surface area contributed by atoms with Crippen LogP contribution in [0.15, 0.2) is 72.4 Å².